The lowest BCUT2D eigenvalue weighted by molar-refractivity contribution is 0.460. The van der Waals surface area contributed by atoms with Gasteiger partial charge in [0.05, 0.1) is 18.5 Å². The fourth-order valence-corrected chi connectivity index (χ4v) is 4.46. The molecule has 0 bridgehead atoms. The molecule has 30 heavy (non-hydrogen) atoms. The second-order valence-corrected chi connectivity index (χ2v) is 9.26. The minimum absolute atomic E-state index is 0.0449. The number of nitrogens with two attached hydrogens (primary N) is 1. The van der Waals surface area contributed by atoms with Crippen LogP contribution in [0.15, 0.2) is 42.6 Å². The van der Waals surface area contributed by atoms with Gasteiger partial charge in [0.15, 0.2) is 17.4 Å². The van der Waals surface area contributed by atoms with E-state index in [1.807, 2.05) is 19.9 Å². The fraction of sp³-hybridized carbons (Fsp3) is 0.333. The lowest BCUT2D eigenvalue weighted by Gasteiger charge is -2.14. The maximum absolute atomic E-state index is 11.9. The summed E-state index contributed by atoms with van der Waals surface area (Å²) in [6.07, 6.45) is 2.03. The van der Waals surface area contributed by atoms with Crippen molar-refractivity contribution in [2.45, 2.75) is 44.6 Å². The second kappa shape index (κ2) is 8.58. The molecule has 1 aliphatic rings. The van der Waals surface area contributed by atoms with Crippen LogP contribution >= 0.6 is 0 Å². The van der Waals surface area contributed by atoms with Gasteiger partial charge in [-0.25, -0.2) is 17.8 Å². The third-order valence-corrected chi connectivity index (χ3v) is 6.17. The topological polar surface area (TPSA) is 159 Å². The number of rotatable bonds is 6. The third kappa shape index (κ3) is 4.71. The van der Waals surface area contributed by atoms with Crippen molar-refractivity contribution in [3.05, 3.63) is 41.3 Å². The predicted molar refractivity (Wildman–Crippen MR) is 115 cm³/mol. The molecular weight excluding hydrogens is 430 g/mol. The molecule has 5 N–H and O–H groups in total. The van der Waals surface area contributed by atoms with Gasteiger partial charge in [0, 0.05) is 0 Å². The number of nitrogens with one attached hydrogen (secondary N) is 2. The molecule has 0 aliphatic carbocycles. The first-order chi connectivity index (χ1) is 14.1. The summed E-state index contributed by atoms with van der Waals surface area (Å²) in [5.41, 5.74) is 1.47. The highest BCUT2D eigenvalue weighted by molar-refractivity contribution is 7.89. The van der Waals surface area contributed by atoms with Crippen LogP contribution in [0.5, 0.6) is 5.75 Å². The number of benzene rings is 1. The lowest BCUT2D eigenvalue weighted by atomic mass is 10.1. The van der Waals surface area contributed by atoms with Crippen molar-refractivity contribution in [3.8, 4) is 5.75 Å². The minimum atomic E-state index is -4.16. The van der Waals surface area contributed by atoms with Crippen molar-refractivity contribution in [2.75, 3.05) is 5.32 Å². The van der Waals surface area contributed by atoms with Crippen molar-refractivity contribution in [2.24, 2.45) is 13.9 Å². The summed E-state index contributed by atoms with van der Waals surface area (Å²) in [6, 6.07) is 4.93. The van der Waals surface area contributed by atoms with Crippen LogP contribution in [-0.2, 0) is 34.2 Å². The van der Waals surface area contributed by atoms with E-state index in [0.717, 1.165) is 5.56 Å². The standard InChI is InChI=1S/C18H23N5O5S2/c1-4-11-5-6-14(15(24)16(11)30(19,26)27)21-18-17(22-29(25)23-18)20-8-13-7-12(9-28-13)10(2)3/h5-7,9-10,24H,4,8H2,1-3H3,(H,20,22)(H,21,23)(H2,19,26,27). The number of nitrogens with zero attached hydrogens (tertiary/aromatic N) is 2. The van der Waals surface area contributed by atoms with E-state index in [1.54, 1.807) is 13.2 Å². The molecular formula is C18H23N5O5S2. The van der Waals surface area contributed by atoms with Crippen LogP contribution in [-0.4, -0.2) is 29.4 Å². The number of phenolic OH excluding ortho intramolecular Hbond substituents is 1. The highest BCUT2D eigenvalue weighted by Gasteiger charge is 2.25. The van der Waals surface area contributed by atoms with Gasteiger partial charge in [-0.3, -0.25) is 0 Å². The van der Waals surface area contributed by atoms with Crippen LogP contribution < -0.4 is 15.8 Å². The molecule has 12 heteroatoms. The van der Waals surface area contributed by atoms with Crippen molar-refractivity contribution < 1.29 is 22.2 Å². The Morgan fingerprint density at radius 2 is 1.97 bits per heavy atom. The Hall–Kier alpha value is -2.70. The molecule has 3 rings (SSSR count). The monoisotopic (exact) mass is 453 g/mol. The molecule has 2 heterocycles. The van der Waals surface area contributed by atoms with Crippen molar-refractivity contribution >= 4 is 38.6 Å². The van der Waals surface area contributed by atoms with E-state index in [9.17, 15) is 17.7 Å². The molecule has 1 aliphatic heterocycles. The van der Waals surface area contributed by atoms with Gasteiger partial charge in [-0.15, -0.1) is 8.80 Å². The second-order valence-electron chi connectivity index (χ2n) is 6.94. The number of aromatic hydroxyl groups is 1. The number of hydrogen-bond donors (Lipinski definition) is 4. The van der Waals surface area contributed by atoms with Crippen LogP contribution in [0.25, 0.3) is 0 Å². The zero-order valence-corrected chi connectivity index (χ0v) is 18.3. The Bertz CT molecular complexity index is 1150. The van der Waals surface area contributed by atoms with E-state index < -0.39 is 26.9 Å². The van der Waals surface area contributed by atoms with Gasteiger partial charge in [0.25, 0.3) is 11.2 Å². The number of primary sulfonamides is 1. The van der Waals surface area contributed by atoms with Gasteiger partial charge < -0.3 is 20.2 Å². The van der Waals surface area contributed by atoms with Gasteiger partial charge in [-0.1, -0.05) is 26.8 Å². The molecule has 2 aromatic rings. The van der Waals surface area contributed by atoms with Gasteiger partial charge >= 0.3 is 0 Å². The number of hydrogen-bond acceptors (Lipinski definition) is 7. The van der Waals surface area contributed by atoms with Crippen LogP contribution in [0.2, 0.25) is 0 Å². The fourth-order valence-electron chi connectivity index (χ4n) is 2.86. The number of phenols is 1. The number of furan rings is 1. The summed E-state index contributed by atoms with van der Waals surface area (Å²) in [5.74, 6) is 0.713. The first-order valence-corrected chi connectivity index (χ1v) is 11.8. The molecule has 0 fully saturated rings. The van der Waals surface area contributed by atoms with E-state index in [4.69, 9.17) is 9.56 Å². The Labute approximate surface area is 177 Å². The van der Waals surface area contributed by atoms with Crippen molar-refractivity contribution in [3.63, 3.8) is 0 Å². The maximum atomic E-state index is 11.9. The molecule has 1 aromatic heterocycles. The molecule has 0 spiro atoms. The molecule has 0 saturated carbocycles. The maximum Gasteiger partial charge on any atom is 0.269 e. The largest absolute Gasteiger partial charge is 0.504 e. The Balaban J connectivity index is 1.81. The molecule has 0 radical (unpaired) electrons. The van der Waals surface area contributed by atoms with Gasteiger partial charge in [-0.2, -0.15) is 0 Å². The van der Waals surface area contributed by atoms with Crippen LogP contribution in [0.3, 0.4) is 0 Å². The number of amidine groups is 2. The van der Waals surface area contributed by atoms with E-state index in [0.29, 0.717) is 23.7 Å². The van der Waals surface area contributed by atoms with Crippen LogP contribution in [0, 0.1) is 0 Å². The van der Waals surface area contributed by atoms with Crippen molar-refractivity contribution in [1.29, 1.82) is 0 Å². The highest BCUT2D eigenvalue weighted by atomic mass is 32.2. The molecule has 1 aromatic carbocycles. The number of anilines is 1. The average molecular weight is 454 g/mol. The third-order valence-electron chi connectivity index (χ3n) is 4.47. The van der Waals surface area contributed by atoms with Crippen LogP contribution in [0.4, 0.5) is 5.69 Å². The Kier molecular flexibility index (Phi) is 6.29. The highest BCUT2D eigenvalue weighted by Crippen LogP contribution is 2.34. The van der Waals surface area contributed by atoms with Crippen LogP contribution in [0.1, 0.15) is 43.6 Å². The summed E-state index contributed by atoms with van der Waals surface area (Å²) in [5, 5.41) is 21.5. The molecule has 162 valence electrons. The summed E-state index contributed by atoms with van der Waals surface area (Å²) in [4.78, 5) is -0.363. The SMILES string of the molecule is CCc1ccc(NC2=NS(=O)N=C2NCc2cc(C(C)C)co2)c(O)c1S(N)(=O)=O. The van der Waals surface area contributed by atoms with E-state index in [2.05, 4.69) is 19.4 Å². The normalized spacial score (nSPS) is 16.5. The summed E-state index contributed by atoms with van der Waals surface area (Å²) < 4.78 is 48.9. The number of sulfonamides is 1. The molecule has 0 saturated heterocycles. The Morgan fingerprint density at radius 3 is 2.57 bits per heavy atom. The summed E-state index contributed by atoms with van der Waals surface area (Å²) >= 11 is -1.86. The summed E-state index contributed by atoms with van der Waals surface area (Å²) in [6.45, 7) is 6.11. The minimum Gasteiger partial charge on any atom is -0.504 e. The van der Waals surface area contributed by atoms with Gasteiger partial charge in [0.1, 0.15) is 10.7 Å². The molecule has 10 nitrogen and oxygen atoms in total. The summed E-state index contributed by atoms with van der Waals surface area (Å²) in [7, 11) is -4.16. The Morgan fingerprint density at radius 1 is 1.27 bits per heavy atom. The molecule has 1 unspecified atom stereocenters. The van der Waals surface area contributed by atoms with E-state index >= 15 is 0 Å². The van der Waals surface area contributed by atoms with Gasteiger partial charge in [-0.05, 0) is 35.6 Å². The van der Waals surface area contributed by atoms with E-state index in [1.165, 1.54) is 12.1 Å². The quantitative estimate of drug-likeness (QED) is 0.486. The zero-order chi connectivity index (χ0) is 22.1. The van der Waals surface area contributed by atoms with E-state index in [-0.39, 0.29) is 28.8 Å². The lowest BCUT2D eigenvalue weighted by Crippen LogP contribution is -2.33. The van der Waals surface area contributed by atoms with Crippen molar-refractivity contribution in [1.82, 2.24) is 5.32 Å². The molecule has 1 atom stereocenters. The predicted octanol–water partition coefficient (Wildman–Crippen LogP) is 1.91. The first-order valence-electron chi connectivity index (χ1n) is 9.15. The first kappa shape index (κ1) is 22.0. The zero-order valence-electron chi connectivity index (χ0n) is 16.7. The number of aryl methyl sites for hydroxylation is 1. The smallest absolute Gasteiger partial charge is 0.269 e. The molecule has 0 amide bonds. The van der Waals surface area contributed by atoms with Gasteiger partial charge in [0.2, 0.25) is 10.0 Å². The average Bonchev–Trinajstić information content (AvgIpc) is 3.27.